The molecule has 0 aliphatic carbocycles. The van der Waals surface area contributed by atoms with Crippen molar-refractivity contribution in [1.82, 2.24) is 31.9 Å². The second-order valence-corrected chi connectivity index (χ2v) is 15.3. The SMILES string of the molecule is C[C@@H](O)[C@H](NC(=O)[C@H](CCN)NC(=O)[C@H](CCN)NC(=O)[C@@H](NC(=O)[C@@H](Cc1ccccc1)NC(=O)[C@H](CCN)NC(=O)[C@@H](N)CCN)C(Cl)C(C)(C)Cl)C(=O)O. The highest BCUT2D eigenvalue weighted by Crippen LogP contribution is 2.26. The van der Waals surface area contributed by atoms with E-state index in [1.54, 1.807) is 30.3 Å². The molecule has 0 heterocycles. The van der Waals surface area contributed by atoms with Crippen molar-refractivity contribution in [3.8, 4) is 0 Å². The number of hydrogen-bond donors (Lipinski definition) is 13. The molecule has 0 saturated carbocycles. The molecule has 1 unspecified atom stereocenters. The lowest BCUT2D eigenvalue weighted by Gasteiger charge is -2.33. The van der Waals surface area contributed by atoms with Crippen LogP contribution in [0.15, 0.2) is 30.3 Å². The van der Waals surface area contributed by atoms with Gasteiger partial charge in [0.25, 0.3) is 0 Å². The van der Waals surface area contributed by atoms with Gasteiger partial charge in [0.2, 0.25) is 35.4 Å². The average molecular weight is 849 g/mol. The van der Waals surface area contributed by atoms with Gasteiger partial charge in [0.15, 0.2) is 6.04 Å². The van der Waals surface area contributed by atoms with Crippen LogP contribution in [0.5, 0.6) is 0 Å². The molecule has 18 N–H and O–H groups in total. The number of benzene rings is 1. The molecule has 20 nitrogen and oxygen atoms in total. The summed E-state index contributed by atoms with van der Waals surface area (Å²) in [5, 5.41) is 32.6. The van der Waals surface area contributed by atoms with E-state index >= 15 is 0 Å². The molecule has 322 valence electrons. The van der Waals surface area contributed by atoms with Crippen molar-refractivity contribution in [3.05, 3.63) is 35.9 Å². The number of carbonyl (C=O) groups excluding carboxylic acids is 6. The predicted octanol–water partition coefficient (Wildman–Crippen LogP) is -4.05. The zero-order chi connectivity index (χ0) is 43.5. The predicted molar refractivity (Wildman–Crippen MR) is 213 cm³/mol. The highest BCUT2D eigenvalue weighted by Gasteiger charge is 2.41. The maximum Gasteiger partial charge on any atom is 0.328 e. The summed E-state index contributed by atoms with van der Waals surface area (Å²) in [6.07, 6.45) is -1.75. The van der Waals surface area contributed by atoms with Crippen LogP contribution in [0.3, 0.4) is 0 Å². The van der Waals surface area contributed by atoms with Crippen molar-refractivity contribution < 1.29 is 43.8 Å². The van der Waals surface area contributed by atoms with E-state index in [-0.39, 0.29) is 58.3 Å². The molecule has 0 aliphatic heterocycles. The average Bonchev–Trinajstić information content (AvgIpc) is 3.14. The first-order chi connectivity index (χ1) is 26.7. The van der Waals surface area contributed by atoms with Crippen LogP contribution in [0.2, 0.25) is 0 Å². The zero-order valence-corrected chi connectivity index (χ0v) is 33.9. The Morgan fingerprint density at radius 3 is 1.44 bits per heavy atom. The number of nitrogens with one attached hydrogen (secondary N) is 6. The number of amides is 6. The van der Waals surface area contributed by atoms with E-state index in [1.165, 1.54) is 13.8 Å². The van der Waals surface area contributed by atoms with Crippen LogP contribution in [0.1, 0.15) is 52.0 Å². The normalized spacial score (nSPS) is 16.2. The molecule has 22 heteroatoms. The van der Waals surface area contributed by atoms with Gasteiger partial charge in [-0.15, -0.1) is 23.2 Å². The first-order valence-electron chi connectivity index (χ1n) is 18.4. The summed E-state index contributed by atoms with van der Waals surface area (Å²) in [5.41, 5.74) is 29.1. The Morgan fingerprint density at radius 1 is 0.632 bits per heavy atom. The van der Waals surface area contributed by atoms with Crippen molar-refractivity contribution in [3.63, 3.8) is 0 Å². The Labute approximate surface area is 341 Å². The van der Waals surface area contributed by atoms with E-state index in [4.69, 9.17) is 51.9 Å². The fourth-order valence-electron chi connectivity index (χ4n) is 5.33. The van der Waals surface area contributed by atoms with Crippen LogP contribution in [0.25, 0.3) is 0 Å². The van der Waals surface area contributed by atoms with Crippen LogP contribution in [0.4, 0.5) is 0 Å². The molecule has 1 rings (SSSR count). The van der Waals surface area contributed by atoms with Crippen molar-refractivity contribution in [2.24, 2.45) is 28.7 Å². The number of aliphatic carboxylic acids is 1. The first-order valence-corrected chi connectivity index (χ1v) is 19.2. The molecule has 6 amide bonds. The minimum absolute atomic E-state index is 0.0130. The highest BCUT2D eigenvalue weighted by atomic mass is 35.5. The highest BCUT2D eigenvalue weighted by molar-refractivity contribution is 6.33. The zero-order valence-electron chi connectivity index (χ0n) is 32.3. The van der Waals surface area contributed by atoms with Crippen molar-refractivity contribution in [2.45, 2.75) is 112 Å². The quantitative estimate of drug-likeness (QED) is 0.0395. The minimum Gasteiger partial charge on any atom is -0.480 e. The second kappa shape index (κ2) is 25.3. The molecule has 1 aromatic rings. The lowest BCUT2D eigenvalue weighted by Crippen LogP contribution is -2.63. The molecular weight excluding hydrogens is 789 g/mol. The molecule has 57 heavy (non-hydrogen) atoms. The van der Waals surface area contributed by atoms with Crippen LogP contribution < -0.4 is 60.6 Å². The third kappa shape index (κ3) is 17.5. The minimum atomic E-state index is -1.70. The van der Waals surface area contributed by atoms with Gasteiger partial charge in [-0.2, -0.15) is 0 Å². The molecular formula is C35H59Cl2N11O9. The lowest BCUT2D eigenvalue weighted by molar-refractivity contribution is -0.145. The Kier molecular flexibility index (Phi) is 22.5. The van der Waals surface area contributed by atoms with E-state index in [0.29, 0.717) is 5.56 Å². The molecule has 0 aliphatic rings. The number of carboxylic acids is 1. The number of rotatable bonds is 26. The number of carboxylic acid groups (broad SMARTS) is 1. The van der Waals surface area contributed by atoms with Gasteiger partial charge in [0.1, 0.15) is 30.2 Å². The standard InChI is InChI=1S/C35H59Cl2N11O9/c1-18(49)25(34(56)57)47-31(53)23(12-16-41)44-29(51)22(11-15-40)45-33(55)26(27(36)35(2,3)37)48-32(54)24(17-19-7-5-4-6-8-19)46-30(52)21(10-14-39)43-28(50)20(42)9-13-38/h4-8,18,20-27,49H,9-17,38-42H2,1-3H3,(H,43,50)(H,44,51)(H,45,55)(H,46,52)(H,47,53)(H,48,54)(H,56,57)/t18-,20+,21+,22+,23+,24-,25+,26+,27?/m1/s1. The summed E-state index contributed by atoms with van der Waals surface area (Å²) in [6, 6.07) is -1.12. The number of nitrogens with two attached hydrogens (primary N) is 5. The summed E-state index contributed by atoms with van der Waals surface area (Å²) >= 11 is 13.2. The topological polar surface area (TPSA) is 362 Å². The number of carbonyl (C=O) groups is 7. The summed E-state index contributed by atoms with van der Waals surface area (Å²) in [5.74, 6) is -6.70. The summed E-state index contributed by atoms with van der Waals surface area (Å²) in [7, 11) is 0. The summed E-state index contributed by atoms with van der Waals surface area (Å²) < 4.78 is 0. The number of hydrogen-bond acceptors (Lipinski definition) is 13. The lowest BCUT2D eigenvalue weighted by atomic mass is 9.99. The molecule has 9 atom stereocenters. The molecule has 0 bridgehead atoms. The van der Waals surface area contributed by atoms with Crippen molar-refractivity contribution in [2.75, 3.05) is 26.2 Å². The Hall–Kier alpha value is -4.15. The number of aliphatic hydroxyl groups excluding tert-OH is 1. The fraction of sp³-hybridized carbons (Fsp3) is 0.629. The Morgan fingerprint density at radius 2 is 1.02 bits per heavy atom. The smallest absolute Gasteiger partial charge is 0.328 e. The van der Waals surface area contributed by atoms with E-state index in [0.717, 1.165) is 6.92 Å². The van der Waals surface area contributed by atoms with E-state index in [2.05, 4.69) is 31.9 Å². The maximum absolute atomic E-state index is 14.1. The van der Waals surface area contributed by atoms with Crippen LogP contribution in [-0.4, -0.2) is 136 Å². The van der Waals surface area contributed by atoms with Gasteiger partial charge in [0, 0.05) is 6.42 Å². The van der Waals surface area contributed by atoms with Gasteiger partial charge in [-0.25, -0.2) is 4.79 Å². The molecule has 0 spiro atoms. The Balaban J connectivity index is 3.46. The maximum atomic E-state index is 14.1. The third-order valence-corrected chi connectivity index (χ3v) is 9.71. The summed E-state index contributed by atoms with van der Waals surface area (Å²) in [4.78, 5) is 91.0. The molecule has 1 aromatic carbocycles. The van der Waals surface area contributed by atoms with Crippen LogP contribution in [0, 0.1) is 0 Å². The second-order valence-electron chi connectivity index (χ2n) is 13.9. The van der Waals surface area contributed by atoms with E-state index in [1.807, 2.05) is 0 Å². The van der Waals surface area contributed by atoms with Gasteiger partial charge in [-0.1, -0.05) is 30.3 Å². The van der Waals surface area contributed by atoms with Gasteiger partial charge >= 0.3 is 5.97 Å². The fourth-order valence-corrected chi connectivity index (χ4v) is 5.63. The Bertz CT molecular complexity index is 1490. The molecule has 0 saturated heterocycles. The van der Waals surface area contributed by atoms with Crippen LogP contribution in [-0.2, 0) is 40.0 Å². The number of aliphatic hydroxyl groups is 1. The largest absolute Gasteiger partial charge is 0.480 e. The molecule has 0 aromatic heterocycles. The molecule has 0 radical (unpaired) electrons. The third-order valence-electron chi connectivity index (χ3n) is 8.57. The van der Waals surface area contributed by atoms with Gasteiger partial charge in [-0.3, -0.25) is 28.8 Å². The van der Waals surface area contributed by atoms with Crippen molar-refractivity contribution >= 4 is 64.6 Å². The number of halogens is 2. The monoisotopic (exact) mass is 847 g/mol. The molecule has 0 fully saturated rings. The van der Waals surface area contributed by atoms with Gasteiger partial charge < -0.3 is 70.8 Å². The van der Waals surface area contributed by atoms with Crippen molar-refractivity contribution in [1.29, 1.82) is 0 Å². The van der Waals surface area contributed by atoms with E-state index < -0.39 is 100 Å². The van der Waals surface area contributed by atoms with Gasteiger partial charge in [0.05, 0.1) is 22.4 Å². The van der Waals surface area contributed by atoms with Crippen LogP contribution >= 0.6 is 23.2 Å². The summed E-state index contributed by atoms with van der Waals surface area (Å²) in [6.45, 7) is 3.97. The first kappa shape index (κ1) is 50.9. The number of alkyl halides is 2. The van der Waals surface area contributed by atoms with Gasteiger partial charge in [-0.05, 0) is 78.2 Å². The van der Waals surface area contributed by atoms with E-state index in [9.17, 15) is 43.8 Å².